The summed E-state index contributed by atoms with van der Waals surface area (Å²) in [5, 5.41) is 1.97. The van der Waals surface area contributed by atoms with E-state index in [9.17, 15) is 4.21 Å². The number of rotatable bonds is 3. The second kappa shape index (κ2) is 4.90. The van der Waals surface area contributed by atoms with Gasteiger partial charge in [0.1, 0.15) is 0 Å². The first-order chi connectivity index (χ1) is 10.2. The van der Waals surface area contributed by atoms with Crippen molar-refractivity contribution in [2.24, 2.45) is 0 Å². The number of fused-ring (bicyclic) bond motifs is 2. The molecule has 4 rings (SSSR count). The van der Waals surface area contributed by atoms with Gasteiger partial charge in [0.2, 0.25) is 0 Å². The number of thiazole rings is 2. The molecule has 0 saturated heterocycles. The van der Waals surface area contributed by atoms with Crippen LogP contribution < -0.4 is 5.73 Å². The fourth-order valence-corrected chi connectivity index (χ4v) is 5.07. The normalized spacial score (nSPS) is 13.1. The lowest BCUT2D eigenvalue weighted by atomic mass is 10.3. The predicted molar refractivity (Wildman–Crippen MR) is 87.2 cm³/mol. The predicted octanol–water partition coefficient (Wildman–Crippen LogP) is 2.90. The first-order valence-electron chi connectivity index (χ1n) is 6.14. The number of nitrogen functional groups attached to an aromatic ring is 1. The Hall–Kier alpha value is -1.77. The molecule has 8 heteroatoms. The van der Waals surface area contributed by atoms with E-state index in [1.807, 2.05) is 34.3 Å². The van der Waals surface area contributed by atoms with E-state index in [2.05, 4.69) is 9.97 Å². The Morgan fingerprint density at radius 3 is 3.10 bits per heavy atom. The second-order valence-corrected chi connectivity index (χ2v) is 8.05. The molecule has 1 unspecified atom stereocenters. The molecule has 0 fully saturated rings. The summed E-state index contributed by atoms with van der Waals surface area (Å²) in [4.78, 5) is 9.79. The number of aromatic nitrogens is 3. The Balaban J connectivity index is 1.64. The Morgan fingerprint density at radius 2 is 2.24 bits per heavy atom. The highest BCUT2D eigenvalue weighted by molar-refractivity contribution is 7.86. The van der Waals surface area contributed by atoms with E-state index >= 15 is 0 Å². The topological polar surface area (TPSA) is 73.3 Å². The molecule has 4 aromatic rings. The van der Waals surface area contributed by atoms with Crippen LogP contribution >= 0.6 is 22.7 Å². The minimum absolute atomic E-state index is 0.379. The van der Waals surface area contributed by atoms with Crippen LogP contribution in [0.3, 0.4) is 0 Å². The lowest BCUT2D eigenvalue weighted by Crippen LogP contribution is -1.96. The van der Waals surface area contributed by atoms with E-state index in [1.54, 1.807) is 17.4 Å². The summed E-state index contributed by atoms with van der Waals surface area (Å²) < 4.78 is 16.0. The lowest BCUT2D eigenvalue weighted by molar-refractivity contribution is 0.682. The minimum atomic E-state index is -1.19. The zero-order valence-electron chi connectivity index (χ0n) is 10.7. The van der Waals surface area contributed by atoms with Crippen LogP contribution in [0.4, 0.5) is 5.69 Å². The average molecular weight is 334 g/mol. The standard InChI is InChI=1S/C13H10N4OS3/c14-8-1-2-10-11(5-8)20-13(16-10)21(18)7-9-6-17-3-4-19-12(17)15-9/h1-6H,7,14H2. The monoisotopic (exact) mass is 334 g/mol. The maximum absolute atomic E-state index is 12.4. The fourth-order valence-electron chi connectivity index (χ4n) is 2.06. The maximum atomic E-state index is 12.4. The molecule has 3 heterocycles. The van der Waals surface area contributed by atoms with Crippen molar-refractivity contribution in [3.05, 3.63) is 41.7 Å². The first kappa shape index (κ1) is 12.9. The van der Waals surface area contributed by atoms with Crippen molar-refractivity contribution in [1.82, 2.24) is 14.4 Å². The third-order valence-electron chi connectivity index (χ3n) is 3.01. The zero-order chi connectivity index (χ0) is 14.4. The van der Waals surface area contributed by atoms with Crippen molar-refractivity contribution in [2.45, 2.75) is 10.1 Å². The number of hydrogen-bond donors (Lipinski definition) is 1. The van der Waals surface area contributed by atoms with Crippen LogP contribution in [0.1, 0.15) is 5.69 Å². The molecule has 0 saturated carbocycles. The minimum Gasteiger partial charge on any atom is -0.399 e. The molecule has 106 valence electrons. The number of hydrogen-bond acceptors (Lipinski definition) is 6. The maximum Gasteiger partial charge on any atom is 0.193 e. The molecule has 1 atom stereocenters. The van der Waals surface area contributed by atoms with Gasteiger partial charge in [-0.1, -0.05) is 0 Å². The Morgan fingerprint density at radius 1 is 1.33 bits per heavy atom. The van der Waals surface area contributed by atoms with Gasteiger partial charge >= 0.3 is 0 Å². The molecule has 2 N–H and O–H groups in total. The third-order valence-corrected chi connectivity index (χ3v) is 6.44. The summed E-state index contributed by atoms with van der Waals surface area (Å²) in [6.07, 6.45) is 3.86. The van der Waals surface area contributed by atoms with Crippen LogP contribution in [0, 0.1) is 0 Å². The second-order valence-electron chi connectivity index (χ2n) is 4.52. The van der Waals surface area contributed by atoms with Gasteiger partial charge in [0.05, 0.1) is 32.5 Å². The van der Waals surface area contributed by atoms with Crippen LogP contribution in [-0.4, -0.2) is 18.6 Å². The van der Waals surface area contributed by atoms with Crippen LogP contribution in [0.15, 0.2) is 40.3 Å². The van der Waals surface area contributed by atoms with Crippen LogP contribution in [0.5, 0.6) is 0 Å². The Labute approximate surface area is 130 Å². The Kier molecular flexibility index (Phi) is 3.02. The number of nitrogens with zero attached hydrogens (tertiary/aromatic N) is 3. The van der Waals surface area contributed by atoms with E-state index in [0.717, 1.165) is 20.9 Å². The summed E-state index contributed by atoms with van der Waals surface area (Å²) in [5.41, 5.74) is 8.10. The van der Waals surface area contributed by atoms with E-state index in [1.165, 1.54) is 11.3 Å². The highest BCUT2D eigenvalue weighted by Crippen LogP contribution is 2.27. The van der Waals surface area contributed by atoms with Crippen molar-refractivity contribution in [3.8, 4) is 0 Å². The molecule has 0 aliphatic rings. The van der Waals surface area contributed by atoms with Gasteiger partial charge in [-0.05, 0) is 18.2 Å². The van der Waals surface area contributed by atoms with Crippen LogP contribution in [0.25, 0.3) is 15.2 Å². The van der Waals surface area contributed by atoms with Gasteiger partial charge in [-0.3, -0.25) is 8.61 Å². The fraction of sp³-hybridized carbons (Fsp3) is 0.0769. The molecule has 0 bridgehead atoms. The summed E-state index contributed by atoms with van der Waals surface area (Å²) in [6, 6.07) is 5.52. The zero-order valence-corrected chi connectivity index (χ0v) is 13.2. The third kappa shape index (κ3) is 2.35. The summed E-state index contributed by atoms with van der Waals surface area (Å²) >= 11 is 2.99. The molecule has 0 aliphatic heterocycles. The van der Waals surface area contributed by atoms with Crippen LogP contribution in [-0.2, 0) is 16.6 Å². The van der Waals surface area contributed by atoms with Gasteiger partial charge < -0.3 is 5.73 Å². The number of anilines is 1. The van der Waals surface area contributed by atoms with Crippen molar-refractivity contribution >= 4 is 54.3 Å². The summed E-state index contributed by atoms with van der Waals surface area (Å²) in [5.74, 6) is 0.379. The van der Waals surface area contributed by atoms with E-state index in [-0.39, 0.29) is 0 Å². The molecule has 1 aromatic carbocycles. The van der Waals surface area contributed by atoms with Crippen LogP contribution in [0.2, 0.25) is 0 Å². The summed E-state index contributed by atoms with van der Waals surface area (Å²) in [6.45, 7) is 0. The van der Waals surface area contributed by atoms with Gasteiger partial charge in [-0.2, -0.15) is 0 Å². The molecule has 3 aromatic heterocycles. The highest BCUT2D eigenvalue weighted by atomic mass is 32.2. The van der Waals surface area contributed by atoms with Gasteiger partial charge in [0, 0.05) is 23.5 Å². The quantitative estimate of drug-likeness (QED) is 0.585. The number of imidazole rings is 1. The van der Waals surface area contributed by atoms with Gasteiger partial charge in [-0.15, -0.1) is 22.7 Å². The van der Waals surface area contributed by atoms with Gasteiger partial charge in [0.25, 0.3) is 0 Å². The van der Waals surface area contributed by atoms with Crippen molar-refractivity contribution in [3.63, 3.8) is 0 Å². The first-order valence-corrected chi connectivity index (χ1v) is 9.16. The summed E-state index contributed by atoms with van der Waals surface area (Å²) in [7, 11) is -1.19. The lowest BCUT2D eigenvalue weighted by Gasteiger charge is -1.93. The number of nitrogens with two attached hydrogens (primary N) is 1. The molecular formula is C13H10N4OS3. The molecule has 21 heavy (non-hydrogen) atoms. The van der Waals surface area contributed by atoms with E-state index in [0.29, 0.717) is 15.8 Å². The van der Waals surface area contributed by atoms with Crippen molar-refractivity contribution in [1.29, 1.82) is 0 Å². The van der Waals surface area contributed by atoms with E-state index in [4.69, 9.17) is 5.73 Å². The molecular weight excluding hydrogens is 324 g/mol. The van der Waals surface area contributed by atoms with Crippen molar-refractivity contribution in [2.75, 3.05) is 5.73 Å². The van der Waals surface area contributed by atoms with E-state index < -0.39 is 10.8 Å². The number of benzene rings is 1. The van der Waals surface area contributed by atoms with Gasteiger partial charge in [0.15, 0.2) is 9.30 Å². The van der Waals surface area contributed by atoms with Crippen molar-refractivity contribution < 1.29 is 4.21 Å². The smallest absolute Gasteiger partial charge is 0.193 e. The Bertz CT molecular complexity index is 940. The molecule has 0 radical (unpaired) electrons. The molecule has 0 aliphatic carbocycles. The molecule has 0 spiro atoms. The molecule has 0 amide bonds. The van der Waals surface area contributed by atoms with Gasteiger partial charge in [-0.25, -0.2) is 9.97 Å². The molecule has 5 nitrogen and oxygen atoms in total. The average Bonchev–Trinajstić information content (AvgIpc) is 3.10. The highest BCUT2D eigenvalue weighted by Gasteiger charge is 2.14. The SMILES string of the molecule is Nc1ccc2nc(S(=O)Cc3cn4ccsc4n3)sc2c1. The largest absolute Gasteiger partial charge is 0.399 e.